The van der Waals surface area contributed by atoms with E-state index in [1.807, 2.05) is 20.8 Å². The van der Waals surface area contributed by atoms with Crippen LogP contribution in [0.1, 0.15) is 36.8 Å². The monoisotopic (exact) mass is 528 g/mol. The molecule has 0 atom stereocenters. The Morgan fingerprint density at radius 2 is 1.83 bits per heavy atom. The van der Waals surface area contributed by atoms with Gasteiger partial charge in [0, 0.05) is 28.8 Å². The number of methoxy groups -OCH3 is 1. The molecule has 36 heavy (non-hydrogen) atoms. The number of carbonyl (C=O) groups is 2. The Morgan fingerprint density at radius 3 is 2.44 bits per heavy atom. The van der Waals surface area contributed by atoms with Gasteiger partial charge in [0.15, 0.2) is 11.4 Å². The Balaban J connectivity index is 2.01. The Bertz CT molecular complexity index is 1330. The van der Waals surface area contributed by atoms with E-state index in [0.717, 1.165) is 0 Å². The highest BCUT2D eigenvalue weighted by Crippen LogP contribution is 2.37. The van der Waals surface area contributed by atoms with Gasteiger partial charge in [0.05, 0.1) is 17.3 Å². The second-order valence-corrected chi connectivity index (χ2v) is 9.69. The average Bonchev–Trinajstić information content (AvgIpc) is 3.13. The van der Waals surface area contributed by atoms with Crippen molar-refractivity contribution in [2.24, 2.45) is 0 Å². The molecule has 1 heterocycles. The summed E-state index contributed by atoms with van der Waals surface area (Å²) < 4.78 is 6.17. The molecule has 0 unspecified atom stereocenters. The van der Waals surface area contributed by atoms with Crippen molar-refractivity contribution in [1.82, 2.24) is 20.4 Å². The first-order valence-corrected chi connectivity index (χ1v) is 11.7. The van der Waals surface area contributed by atoms with E-state index in [-0.39, 0.29) is 36.2 Å². The topological polar surface area (TPSA) is 105 Å². The lowest BCUT2D eigenvalue weighted by Gasteiger charge is -2.19. The Morgan fingerprint density at radius 1 is 1.14 bits per heavy atom. The Kier molecular flexibility index (Phi) is 8.64. The predicted octanol–water partition coefficient (Wildman–Crippen LogP) is 4.19. The van der Waals surface area contributed by atoms with Gasteiger partial charge in [-0.25, -0.2) is 4.68 Å². The van der Waals surface area contributed by atoms with Gasteiger partial charge in [-0.15, -0.1) is 0 Å². The number of nitrogens with zero attached hydrogens (tertiary/aromatic N) is 2. The summed E-state index contributed by atoms with van der Waals surface area (Å²) in [6.07, 6.45) is 0. The van der Waals surface area contributed by atoms with Crippen LogP contribution in [-0.2, 0) is 9.53 Å². The summed E-state index contributed by atoms with van der Waals surface area (Å²) in [6, 6.07) is 11.8. The fourth-order valence-corrected chi connectivity index (χ4v) is 3.62. The fourth-order valence-electron chi connectivity index (χ4n) is 3.23. The number of aromatic nitrogens is 2. The van der Waals surface area contributed by atoms with Crippen molar-refractivity contribution in [3.05, 3.63) is 63.8 Å². The van der Waals surface area contributed by atoms with Crippen molar-refractivity contribution in [2.45, 2.75) is 26.3 Å². The third-order valence-electron chi connectivity index (χ3n) is 4.74. The number of halogens is 2. The van der Waals surface area contributed by atoms with Crippen LogP contribution in [0.2, 0.25) is 10.0 Å². The molecular weight excluding hydrogens is 503 g/mol. The molecule has 0 saturated heterocycles. The molecule has 10 heteroatoms. The molecule has 0 saturated carbocycles. The van der Waals surface area contributed by atoms with Crippen LogP contribution < -0.4 is 10.6 Å². The van der Waals surface area contributed by atoms with E-state index in [4.69, 9.17) is 27.9 Å². The molecule has 0 bridgehead atoms. The zero-order valence-electron chi connectivity index (χ0n) is 20.3. The van der Waals surface area contributed by atoms with Gasteiger partial charge < -0.3 is 20.5 Å². The quantitative estimate of drug-likeness (QED) is 0.416. The van der Waals surface area contributed by atoms with E-state index in [9.17, 15) is 14.7 Å². The minimum absolute atomic E-state index is 0.0371. The van der Waals surface area contributed by atoms with Crippen molar-refractivity contribution in [3.63, 3.8) is 0 Å². The van der Waals surface area contributed by atoms with Crippen LogP contribution in [0.25, 0.3) is 16.9 Å². The van der Waals surface area contributed by atoms with E-state index < -0.39 is 11.4 Å². The van der Waals surface area contributed by atoms with Gasteiger partial charge in [-0.2, -0.15) is 5.10 Å². The minimum atomic E-state index is -0.533. The van der Waals surface area contributed by atoms with Crippen molar-refractivity contribution >= 4 is 35.0 Å². The first-order chi connectivity index (χ1) is 17.0. The highest BCUT2D eigenvalue weighted by atomic mass is 35.5. The summed E-state index contributed by atoms with van der Waals surface area (Å²) in [5, 5.41) is 21.7. The van der Waals surface area contributed by atoms with E-state index in [2.05, 4.69) is 27.6 Å². The van der Waals surface area contributed by atoms with Gasteiger partial charge in [-0.3, -0.25) is 9.59 Å². The zero-order chi connectivity index (χ0) is 26.5. The third kappa shape index (κ3) is 6.79. The summed E-state index contributed by atoms with van der Waals surface area (Å²) in [5.41, 5.74) is 1.25. The third-order valence-corrected chi connectivity index (χ3v) is 5.29. The number of aromatic hydroxyl groups is 1. The number of carbonyl (C=O) groups excluding carboxylic acids is 2. The maximum absolute atomic E-state index is 12.9. The smallest absolute Gasteiger partial charge is 0.276 e. The second kappa shape index (κ2) is 11.5. The molecule has 188 valence electrons. The molecule has 0 spiro atoms. The van der Waals surface area contributed by atoms with E-state index in [1.54, 1.807) is 42.5 Å². The molecule has 1 aromatic heterocycles. The van der Waals surface area contributed by atoms with Crippen molar-refractivity contribution < 1.29 is 19.4 Å². The van der Waals surface area contributed by atoms with Gasteiger partial charge >= 0.3 is 0 Å². The molecule has 3 rings (SSSR count). The largest absolute Gasteiger partial charge is 0.504 e. The van der Waals surface area contributed by atoms with Crippen LogP contribution in [0, 0.1) is 11.8 Å². The van der Waals surface area contributed by atoms with E-state index >= 15 is 0 Å². The average molecular weight is 529 g/mol. The molecule has 0 aliphatic carbocycles. The van der Waals surface area contributed by atoms with Crippen LogP contribution in [0.5, 0.6) is 5.75 Å². The van der Waals surface area contributed by atoms with Gasteiger partial charge in [-0.05, 0) is 51.1 Å². The highest BCUT2D eigenvalue weighted by molar-refractivity contribution is 6.32. The van der Waals surface area contributed by atoms with Crippen molar-refractivity contribution in [2.75, 3.05) is 20.3 Å². The molecule has 2 amide bonds. The molecule has 0 aliphatic rings. The highest BCUT2D eigenvalue weighted by Gasteiger charge is 2.27. The number of nitrogens with one attached hydrogen (secondary N) is 2. The molecule has 3 N–H and O–H groups in total. The number of benzene rings is 2. The summed E-state index contributed by atoms with van der Waals surface area (Å²) in [5.74, 6) is 4.70. The van der Waals surface area contributed by atoms with Crippen LogP contribution in [0.4, 0.5) is 0 Å². The lowest BCUT2D eigenvalue weighted by molar-refractivity contribution is -0.124. The van der Waals surface area contributed by atoms with Crippen LogP contribution >= 0.6 is 23.2 Å². The number of amides is 2. The summed E-state index contributed by atoms with van der Waals surface area (Å²) in [7, 11) is 1.44. The lowest BCUT2D eigenvalue weighted by Crippen LogP contribution is -2.40. The molecule has 0 radical (unpaired) electrons. The number of ether oxygens (including phenoxy) is 1. The van der Waals surface area contributed by atoms with Crippen molar-refractivity contribution in [3.8, 4) is 34.5 Å². The number of rotatable bonds is 6. The molecule has 0 fully saturated rings. The van der Waals surface area contributed by atoms with Gasteiger partial charge in [-0.1, -0.05) is 47.2 Å². The summed E-state index contributed by atoms with van der Waals surface area (Å²) in [4.78, 5) is 24.3. The minimum Gasteiger partial charge on any atom is -0.504 e. The predicted molar refractivity (Wildman–Crippen MR) is 140 cm³/mol. The summed E-state index contributed by atoms with van der Waals surface area (Å²) in [6.45, 7) is 5.61. The molecule has 8 nitrogen and oxygen atoms in total. The van der Waals surface area contributed by atoms with E-state index in [1.165, 1.54) is 11.8 Å². The van der Waals surface area contributed by atoms with Gasteiger partial charge in [0.25, 0.3) is 5.91 Å². The van der Waals surface area contributed by atoms with Crippen molar-refractivity contribution in [1.29, 1.82) is 0 Å². The molecule has 2 aromatic carbocycles. The lowest BCUT2D eigenvalue weighted by atomic mass is 10.1. The first-order valence-electron chi connectivity index (χ1n) is 10.9. The van der Waals surface area contributed by atoms with Crippen LogP contribution in [0.15, 0.2) is 42.5 Å². The normalized spacial score (nSPS) is 10.9. The second-order valence-electron chi connectivity index (χ2n) is 8.85. The molecular formula is C26H26Cl2N4O4. The molecule has 3 aromatic rings. The maximum Gasteiger partial charge on any atom is 0.276 e. The van der Waals surface area contributed by atoms with Gasteiger partial charge in [0.1, 0.15) is 12.3 Å². The molecule has 0 aliphatic heterocycles. The standard InChI is InChI=1S/C26H26Cl2N4O4/c1-26(2,3)30-25(35)22-24(34)23(17-8-10-18(27)11-9-17)32(31-22)20-12-7-16(14-19(20)28)6-5-13-29-21(33)15-36-4/h7-12,14,34H,13,15H2,1-4H3,(H,29,33)(H,30,35). The first kappa shape index (κ1) is 27.1. The van der Waals surface area contributed by atoms with E-state index in [0.29, 0.717) is 26.9 Å². The Labute approximate surface area is 219 Å². The fraction of sp³-hybridized carbons (Fsp3) is 0.269. The summed E-state index contributed by atoms with van der Waals surface area (Å²) >= 11 is 12.6. The van der Waals surface area contributed by atoms with Crippen LogP contribution in [0.3, 0.4) is 0 Å². The SMILES string of the molecule is COCC(=O)NCC#Cc1ccc(-n2nc(C(=O)NC(C)(C)C)c(O)c2-c2ccc(Cl)cc2)c(Cl)c1. The Hall–Kier alpha value is -3.51. The maximum atomic E-state index is 12.9. The van der Waals surface area contributed by atoms with Gasteiger partial charge in [0.2, 0.25) is 5.91 Å². The van der Waals surface area contributed by atoms with Crippen LogP contribution in [-0.4, -0.2) is 52.5 Å². The number of hydrogen-bond acceptors (Lipinski definition) is 5. The number of hydrogen-bond donors (Lipinski definition) is 3. The zero-order valence-corrected chi connectivity index (χ0v) is 21.8.